The van der Waals surface area contributed by atoms with Crippen molar-refractivity contribution < 1.29 is 4.52 Å². The Hall–Kier alpha value is -1.79. The quantitative estimate of drug-likeness (QED) is 0.912. The third-order valence-corrected chi connectivity index (χ3v) is 3.72. The number of nitrogens with one attached hydrogen (secondary N) is 1. The first-order valence-corrected chi connectivity index (χ1v) is 6.96. The molecular formula is C14H19N5O. The molecule has 20 heavy (non-hydrogen) atoms. The first-order valence-electron chi connectivity index (χ1n) is 6.96. The summed E-state index contributed by atoms with van der Waals surface area (Å²) in [5.74, 6) is 1.23. The number of aryl methyl sites for hydroxylation is 1. The second-order valence-electron chi connectivity index (χ2n) is 5.09. The lowest BCUT2D eigenvalue weighted by atomic mass is 10.2. The molecule has 0 amide bonds. The molecule has 6 nitrogen and oxygen atoms in total. The Labute approximate surface area is 118 Å². The highest BCUT2D eigenvalue weighted by atomic mass is 16.5. The fourth-order valence-electron chi connectivity index (χ4n) is 2.45. The summed E-state index contributed by atoms with van der Waals surface area (Å²) >= 11 is 0. The summed E-state index contributed by atoms with van der Waals surface area (Å²) in [4.78, 5) is 11.2. The molecule has 1 atom stereocenters. The Morgan fingerprint density at radius 1 is 1.35 bits per heavy atom. The van der Waals surface area contributed by atoms with Crippen molar-refractivity contribution in [3.8, 4) is 11.5 Å². The van der Waals surface area contributed by atoms with E-state index in [0.717, 1.165) is 37.4 Å². The predicted octanol–water partition coefficient (Wildman–Crippen LogP) is 1.41. The van der Waals surface area contributed by atoms with E-state index in [9.17, 15) is 0 Å². The number of nitrogens with zero attached hydrogens (tertiary/aromatic N) is 4. The zero-order chi connectivity index (χ0) is 13.9. The van der Waals surface area contributed by atoms with Gasteiger partial charge >= 0.3 is 0 Å². The molecule has 0 saturated carbocycles. The van der Waals surface area contributed by atoms with Crippen molar-refractivity contribution in [2.45, 2.75) is 19.9 Å². The molecule has 106 valence electrons. The second kappa shape index (κ2) is 5.68. The molecule has 1 N–H and O–H groups in total. The molecule has 1 unspecified atom stereocenters. The van der Waals surface area contributed by atoms with E-state index in [0.29, 0.717) is 11.7 Å². The van der Waals surface area contributed by atoms with E-state index in [-0.39, 0.29) is 6.04 Å². The topological polar surface area (TPSA) is 67.1 Å². The van der Waals surface area contributed by atoms with Gasteiger partial charge in [-0.25, -0.2) is 0 Å². The summed E-state index contributed by atoms with van der Waals surface area (Å²) in [5.41, 5.74) is 1.84. The summed E-state index contributed by atoms with van der Waals surface area (Å²) in [7, 11) is 0. The number of rotatable bonds is 3. The first-order chi connectivity index (χ1) is 9.75. The van der Waals surface area contributed by atoms with Gasteiger partial charge in [0.15, 0.2) is 0 Å². The van der Waals surface area contributed by atoms with Crippen LogP contribution in [0.1, 0.15) is 24.4 Å². The van der Waals surface area contributed by atoms with Crippen LogP contribution in [0, 0.1) is 6.92 Å². The molecule has 0 radical (unpaired) electrons. The minimum Gasteiger partial charge on any atom is -0.337 e. The minimum absolute atomic E-state index is 0.141. The van der Waals surface area contributed by atoms with Crippen molar-refractivity contribution in [3.05, 3.63) is 29.8 Å². The second-order valence-corrected chi connectivity index (χ2v) is 5.09. The van der Waals surface area contributed by atoms with Crippen molar-refractivity contribution in [1.29, 1.82) is 0 Å². The van der Waals surface area contributed by atoms with Gasteiger partial charge in [0.2, 0.25) is 11.7 Å². The maximum atomic E-state index is 5.43. The zero-order valence-electron chi connectivity index (χ0n) is 11.8. The number of piperazine rings is 1. The van der Waals surface area contributed by atoms with Crippen LogP contribution >= 0.6 is 0 Å². The van der Waals surface area contributed by atoms with Gasteiger partial charge < -0.3 is 9.84 Å². The maximum absolute atomic E-state index is 5.43. The zero-order valence-corrected chi connectivity index (χ0v) is 11.8. The molecule has 1 saturated heterocycles. The monoisotopic (exact) mass is 273 g/mol. The Balaban J connectivity index is 1.81. The summed E-state index contributed by atoms with van der Waals surface area (Å²) in [6.45, 7) is 8.12. The molecule has 0 bridgehead atoms. The molecule has 1 fully saturated rings. The van der Waals surface area contributed by atoms with Crippen LogP contribution in [0.15, 0.2) is 22.9 Å². The van der Waals surface area contributed by atoms with E-state index >= 15 is 0 Å². The average Bonchev–Trinajstić information content (AvgIpc) is 2.97. The van der Waals surface area contributed by atoms with Gasteiger partial charge in [0.25, 0.3) is 0 Å². The Morgan fingerprint density at radius 3 is 2.90 bits per heavy atom. The van der Waals surface area contributed by atoms with Gasteiger partial charge in [-0.3, -0.25) is 9.88 Å². The summed E-state index contributed by atoms with van der Waals surface area (Å²) in [5, 5.41) is 7.41. The van der Waals surface area contributed by atoms with Gasteiger partial charge in [0.1, 0.15) is 5.69 Å². The smallest absolute Gasteiger partial charge is 0.244 e. The molecule has 0 aliphatic carbocycles. The molecule has 6 heteroatoms. The van der Waals surface area contributed by atoms with E-state index in [1.807, 2.05) is 19.1 Å². The highest BCUT2D eigenvalue weighted by molar-refractivity contribution is 5.53. The summed E-state index contributed by atoms with van der Waals surface area (Å²) in [6.07, 6.45) is 1.75. The first kappa shape index (κ1) is 13.2. The normalized spacial score (nSPS) is 18.1. The maximum Gasteiger partial charge on any atom is 0.244 e. The molecule has 2 aromatic rings. The summed E-state index contributed by atoms with van der Waals surface area (Å²) < 4.78 is 5.43. The third-order valence-electron chi connectivity index (χ3n) is 3.72. The van der Waals surface area contributed by atoms with Gasteiger partial charge in [-0.2, -0.15) is 4.98 Å². The number of hydrogen-bond acceptors (Lipinski definition) is 6. The predicted molar refractivity (Wildman–Crippen MR) is 75.1 cm³/mol. The summed E-state index contributed by atoms with van der Waals surface area (Å²) in [6, 6.07) is 4.05. The molecule has 0 spiro atoms. The lowest BCUT2D eigenvalue weighted by Crippen LogP contribution is -2.44. The van der Waals surface area contributed by atoms with Gasteiger partial charge in [-0.1, -0.05) is 11.2 Å². The van der Waals surface area contributed by atoms with E-state index < -0.39 is 0 Å². The van der Waals surface area contributed by atoms with Gasteiger partial charge in [0, 0.05) is 32.4 Å². The third kappa shape index (κ3) is 2.57. The highest BCUT2D eigenvalue weighted by Crippen LogP contribution is 2.23. The average molecular weight is 273 g/mol. The van der Waals surface area contributed by atoms with Crippen molar-refractivity contribution >= 4 is 0 Å². The molecule has 1 aliphatic rings. The molecular weight excluding hydrogens is 254 g/mol. The van der Waals surface area contributed by atoms with Crippen molar-refractivity contribution in [3.63, 3.8) is 0 Å². The fourth-order valence-corrected chi connectivity index (χ4v) is 2.45. The van der Waals surface area contributed by atoms with E-state index in [1.165, 1.54) is 0 Å². The van der Waals surface area contributed by atoms with E-state index in [2.05, 4.69) is 32.3 Å². The van der Waals surface area contributed by atoms with Crippen molar-refractivity contribution in [2.75, 3.05) is 26.2 Å². The van der Waals surface area contributed by atoms with Gasteiger partial charge in [0.05, 0.1) is 6.04 Å². The molecule has 1 aliphatic heterocycles. The van der Waals surface area contributed by atoms with Crippen molar-refractivity contribution in [2.24, 2.45) is 0 Å². The molecule has 2 aromatic heterocycles. The molecule has 0 aromatic carbocycles. The van der Waals surface area contributed by atoms with Crippen LogP contribution in [0.2, 0.25) is 0 Å². The van der Waals surface area contributed by atoms with Crippen LogP contribution < -0.4 is 5.32 Å². The minimum atomic E-state index is 0.141. The molecule has 3 heterocycles. The number of pyridine rings is 1. The Morgan fingerprint density at radius 2 is 2.15 bits per heavy atom. The number of hydrogen-bond donors (Lipinski definition) is 1. The lowest BCUT2D eigenvalue weighted by molar-refractivity contribution is 0.154. The highest BCUT2D eigenvalue weighted by Gasteiger charge is 2.23. The van der Waals surface area contributed by atoms with E-state index in [4.69, 9.17) is 4.52 Å². The van der Waals surface area contributed by atoms with Gasteiger partial charge in [-0.15, -0.1) is 0 Å². The van der Waals surface area contributed by atoms with Crippen LogP contribution in [0.25, 0.3) is 11.5 Å². The van der Waals surface area contributed by atoms with E-state index in [1.54, 1.807) is 6.20 Å². The number of aromatic nitrogens is 3. The van der Waals surface area contributed by atoms with Crippen LogP contribution in [0.5, 0.6) is 0 Å². The Bertz CT molecular complexity index is 576. The fraction of sp³-hybridized carbons (Fsp3) is 0.500. The van der Waals surface area contributed by atoms with Crippen LogP contribution in [0.3, 0.4) is 0 Å². The largest absolute Gasteiger partial charge is 0.337 e. The standard InChI is InChI=1S/C14H19N5O/c1-10-4-3-5-16-12(10)13-17-14(20-18-13)11(2)19-8-6-15-7-9-19/h3-5,11,15H,6-9H2,1-2H3. The SMILES string of the molecule is Cc1cccnc1-c1noc(C(C)N2CCNCC2)n1. The van der Waals surface area contributed by atoms with Crippen molar-refractivity contribution in [1.82, 2.24) is 25.3 Å². The molecule has 3 rings (SSSR count). The Kier molecular flexibility index (Phi) is 3.75. The lowest BCUT2D eigenvalue weighted by Gasteiger charge is -2.30. The van der Waals surface area contributed by atoms with Gasteiger partial charge in [-0.05, 0) is 25.5 Å². The van der Waals surface area contributed by atoms with Crippen LogP contribution in [-0.4, -0.2) is 46.2 Å². The van der Waals surface area contributed by atoms with Crippen LogP contribution in [0.4, 0.5) is 0 Å². The van der Waals surface area contributed by atoms with Crippen LogP contribution in [-0.2, 0) is 0 Å².